The minimum Gasteiger partial charge on any atom is -0.475 e. The van der Waals surface area contributed by atoms with Crippen LogP contribution in [0, 0.1) is 0 Å². The molecule has 0 unspecified atom stereocenters. The van der Waals surface area contributed by atoms with Crippen LogP contribution in [0.3, 0.4) is 0 Å². The van der Waals surface area contributed by atoms with Gasteiger partial charge in [-0.15, -0.1) is 0 Å². The Morgan fingerprint density at radius 3 is 1.64 bits per heavy atom. The van der Waals surface area contributed by atoms with Crippen LogP contribution in [0.2, 0.25) is 0 Å². The second-order valence-corrected chi connectivity index (χ2v) is 9.54. The third kappa shape index (κ3) is 7.83. The zero-order chi connectivity index (χ0) is 32.8. The minimum atomic E-state index is -5.08. The van der Waals surface area contributed by atoms with E-state index in [1.165, 1.54) is 4.90 Å². The Bertz CT molecular complexity index is 1530. The molecule has 5 rings (SSSR count). The molecule has 0 spiro atoms. The van der Waals surface area contributed by atoms with E-state index in [0.717, 1.165) is 37.0 Å². The Hall–Kier alpha value is -4.67. The average Bonchev–Trinajstić information content (AvgIpc) is 3.38. The van der Waals surface area contributed by atoms with Crippen molar-refractivity contribution in [1.29, 1.82) is 0 Å². The van der Waals surface area contributed by atoms with Crippen LogP contribution in [-0.2, 0) is 16.1 Å². The highest BCUT2D eigenvalue weighted by atomic mass is 19.4. The molecular formula is C27H26F6N4O7. The normalized spacial score (nSPS) is 15.3. The Labute approximate surface area is 244 Å². The molecule has 3 N–H and O–H groups in total. The Morgan fingerprint density at radius 1 is 0.750 bits per heavy atom. The number of hydrogen-bond donors (Lipinski definition) is 3. The SMILES string of the molecule is O=C(O)C(F)(F)F.O=C(O)C(F)(F)F.O=C1c2ccccc2C(=O)N1CCCn1c(=O)n(C2CCNCC2)c2ccccc21. The van der Waals surface area contributed by atoms with Gasteiger partial charge >= 0.3 is 30.0 Å². The maximum absolute atomic E-state index is 13.3. The number of halogens is 6. The number of aryl methyl sites for hydroxylation is 1. The van der Waals surface area contributed by atoms with E-state index < -0.39 is 24.3 Å². The van der Waals surface area contributed by atoms with E-state index >= 15 is 0 Å². The van der Waals surface area contributed by atoms with E-state index in [2.05, 4.69) is 5.32 Å². The molecule has 2 amide bonds. The van der Waals surface area contributed by atoms with Gasteiger partial charge in [-0.2, -0.15) is 26.3 Å². The summed E-state index contributed by atoms with van der Waals surface area (Å²) in [6.07, 6.45) is -7.77. The summed E-state index contributed by atoms with van der Waals surface area (Å²) in [5, 5.41) is 17.6. The van der Waals surface area contributed by atoms with Crippen molar-refractivity contribution in [1.82, 2.24) is 19.4 Å². The molecule has 2 aliphatic rings. The number of imide groups is 1. The lowest BCUT2D eigenvalue weighted by Gasteiger charge is -2.23. The minimum absolute atomic E-state index is 0.00883. The summed E-state index contributed by atoms with van der Waals surface area (Å²) >= 11 is 0. The van der Waals surface area contributed by atoms with E-state index in [9.17, 15) is 40.7 Å². The quantitative estimate of drug-likeness (QED) is 0.285. The number of aliphatic carboxylic acids is 2. The van der Waals surface area contributed by atoms with Gasteiger partial charge in [0.25, 0.3) is 11.8 Å². The fourth-order valence-corrected chi connectivity index (χ4v) is 4.70. The molecular weight excluding hydrogens is 606 g/mol. The van der Waals surface area contributed by atoms with Crippen molar-refractivity contribution in [2.75, 3.05) is 19.6 Å². The third-order valence-corrected chi connectivity index (χ3v) is 6.67. The van der Waals surface area contributed by atoms with Crippen molar-refractivity contribution in [2.24, 2.45) is 0 Å². The van der Waals surface area contributed by atoms with Crippen LogP contribution in [0.1, 0.15) is 46.0 Å². The Morgan fingerprint density at radius 2 is 1.18 bits per heavy atom. The highest BCUT2D eigenvalue weighted by Crippen LogP contribution is 2.25. The number of nitrogens with zero attached hydrogens (tertiary/aromatic N) is 3. The van der Waals surface area contributed by atoms with Crippen molar-refractivity contribution in [2.45, 2.75) is 44.2 Å². The lowest BCUT2D eigenvalue weighted by molar-refractivity contribution is -0.193. The van der Waals surface area contributed by atoms with Gasteiger partial charge in [0.05, 0.1) is 22.2 Å². The number of aromatic nitrogens is 2. The van der Waals surface area contributed by atoms with Gasteiger partial charge in [-0.25, -0.2) is 14.4 Å². The van der Waals surface area contributed by atoms with E-state index in [-0.39, 0.29) is 23.5 Å². The predicted octanol–water partition coefficient (Wildman–Crippen LogP) is 3.68. The lowest BCUT2D eigenvalue weighted by atomic mass is 10.1. The predicted molar refractivity (Wildman–Crippen MR) is 141 cm³/mol. The number of piperidine rings is 1. The van der Waals surface area contributed by atoms with Crippen LogP contribution in [-0.4, -0.2) is 80.0 Å². The molecule has 1 aromatic heterocycles. The molecule has 1 fully saturated rings. The summed E-state index contributed by atoms with van der Waals surface area (Å²) in [5.41, 5.74) is 2.77. The maximum Gasteiger partial charge on any atom is 0.490 e. The molecule has 3 heterocycles. The standard InChI is InChI=1S/C23H24N4O3.2C2HF3O2/c28-21-17-6-1-2-7-18(17)22(29)26(21)15-5-14-25-19-8-3-4-9-20(19)27(23(25)30)16-10-12-24-13-11-16;2*3-2(4,5)1(6)7/h1-4,6-9,16,24H,5,10-15H2;2*(H,6,7). The van der Waals surface area contributed by atoms with Gasteiger partial charge in [0.1, 0.15) is 0 Å². The topological polar surface area (TPSA) is 151 Å². The first-order chi connectivity index (χ1) is 20.6. The summed E-state index contributed by atoms with van der Waals surface area (Å²) in [5.74, 6) is -6.01. The maximum atomic E-state index is 13.3. The number of carboxylic acids is 2. The molecule has 3 aromatic rings. The fraction of sp³-hybridized carbons (Fsp3) is 0.370. The van der Waals surface area contributed by atoms with Gasteiger partial charge in [-0.3, -0.25) is 23.6 Å². The van der Waals surface area contributed by atoms with Gasteiger partial charge < -0.3 is 15.5 Å². The highest BCUT2D eigenvalue weighted by Gasteiger charge is 2.39. The summed E-state index contributed by atoms with van der Waals surface area (Å²) in [6.45, 7) is 2.59. The second-order valence-electron chi connectivity index (χ2n) is 9.54. The first-order valence-electron chi connectivity index (χ1n) is 13.0. The highest BCUT2D eigenvalue weighted by molar-refractivity contribution is 6.21. The molecule has 0 saturated carbocycles. The first-order valence-corrected chi connectivity index (χ1v) is 13.0. The molecule has 1 saturated heterocycles. The molecule has 2 aliphatic heterocycles. The molecule has 0 atom stereocenters. The van der Waals surface area contributed by atoms with Crippen molar-refractivity contribution in [3.63, 3.8) is 0 Å². The number of nitrogens with one attached hydrogen (secondary N) is 1. The van der Waals surface area contributed by atoms with Crippen LogP contribution in [0.25, 0.3) is 11.0 Å². The summed E-state index contributed by atoms with van der Waals surface area (Å²) in [4.78, 5) is 57.5. The van der Waals surface area contributed by atoms with Gasteiger partial charge in [0.15, 0.2) is 0 Å². The van der Waals surface area contributed by atoms with E-state index in [1.54, 1.807) is 28.8 Å². The van der Waals surface area contributed by atoms with Gasteiger partial charge in [0.2, 0.25) is 0 Å². The number of rotatable bonds is 5. The van der Waals surface area contributed by atoms with Gasteiger partial charge in [0, 0.05) is 19.1 Å². The summed E-state index contributed by atoms with van der Waals surface area (Å²) in [7, 11) is 0. The summed E-state index contributed by atoms with van der Waals surface area (Å²) in [6, 6.07) is 15.0. The molecule has 0 radical (unpaired) electrons. The smallest absolute Gasteiger partial charge is 0.475 e. The third-order valence-electron chi connectivity index (χ3n) is 6.67. The number of hydrogen-bond acceptors (Lipinski definition) is 6. The number of amides is 2. The van der Waals surface area contributed by atoms with Crippen LogP contribution < -0.4 is 11.0 Å². The van der Waals surface area contributed by atoms with Crippen LogP contribution in [0.15, 0.2) is 53.3 Å². The molecule has 2 aromatic carbocycles. The zero-order valence-electron chi connectivity index (χ0n) is 22.7. The average molecular weight is 633 g/mol. The van der Waals surface area contributed by atoms with Crippen molar-refractivity contribution < 1.29 is 55.7 Å². The number of benzene rings is 2. The summed E-state index contributed by atoms with van der Waals surface area (Å²) < 4.78 is 67.2. The number of carbonyl (C=O) groups excluding carboxylic acids is 2. The van der Waals surface area contributed by atoms with E-state index in [0.29, 0.717) is 30.6 Å². The molecule has 44 heavy (non-hydrogen) atoms. The van der Waals surface area contributed by atoms with Gasteiger partial charge in [-0.1, -0.05) is 24.3 Å². The van der Waals surface area contributed by atoms with E-state index in [1.807, 2.05) is 28.8 Å². The van der Waals surface area contributed by atoms with Crippen LogP contribution in [0.5, 0.6) is 0 Å². The monoisotopic (exact) mass is 632 g/mol. The van der Waals surface area contributed by atoms with Crippen LogP contribution in [0.4, 0.5) is 26.3 Å². The van der Waals surface area contributed by atoms with Crippen molar-refractivity contribution >= 4 is 34.8 Å². The number of carbonyl (C=O) groups is 4. The number of para-hydroxylation sites is 2. The lowest BCUT2D eigenvalue weighted by Crippen LogP contribution is -2.35. The molecule has 238 valence electrons. The molecule has 11 nitrogen and oxygen atoms in total. The number of alkyl halides is 6. The number of imidazole rings is 1. The Kier molecular flexibility index (Phi) is 10.6. The number of carboxylic acid groups (broad SMARTS) is 2. The van der Waals surface area contributed by atoms with Crippen LogP contribution >= 0.6 is 0 Å². The van der Waals surface area contributed by atoms with Crippen molar-refractivity contribution in [3.05, 3.63) is 70.1 Å². The second kappa shape index (κ2) is 13.7. The zero-order valence-corrected chi connectivity index (χ0v) is 22.7. The molecule has 17 heteroatoms. The van der Waals surface area contributed by atoms with E-state index in [4.69, 9.17) is 19.8 Å². The first kappa shape index (κ1) is 33.8. The Balaban J connectivity index is 0.000000317. The fourth-order valence-electron chi connectivity index (χ4n) is 4.70. The number of fused-ring (bicyclic) bond motifs is 2. The van der Waals surface area contributed by atoms with Crippen molar-refractivity contribution in [3.8, 4) is 0 Å². The molecule has 0 aliphatic carbocycles. The van der Waals surface area contributed by atoms with Gasteiger partial charge in [-0.05, 0) is 56.6 Å². The largest absolute Gasteiger partial charge is 0.490 e. The molecule has 0 bridgehead atoms.